The van der Waals surface area contributed by atoms with Crippen molar-refractivity contribution in [1.82, 2.24) is 24.7 Å². The number of thioether (sulfide) groups is 1. The molecule has 0 fully saturated rings. The minimum absolute atomic E-state index is 0.322. The maximum absolute atomic E-state index is 12.1. The Bertz CT molecular complexity index is 789. The van der Waals surface area contributed by atoms with Crippen LogP contribution >= 0.6 is 23.1 Å². The molecular formula is C14H13N5O2S2. The van der Waals surface area contributed by atoms with Crippen molar-refractivity contribution < 1.29 is 9.53 Å². The number of carbonyl (C=O) groups is 1. The van der Waals surface area contributed by atoms with Gasteiger partial charge in [-0.3, -0.25) is 9.78 Å². The van der Waals surface area contributed by atoms with Crippen molar-refractivity contribution in [3.63, 3.8) is 0 Å². The van der Waals surface area contributed by atoms with Crippen molar-refractivity contribution >= 4 is 29.1 Å². The molecule has 0 aliphatic rings. The van der Waals surface area contributed by atoms with E-state index in [0.29, 0.717) is 16.7 Å². The number of ether oxygens (including phenoxy) is 1. The zero-order chi connectivity index (χ0) is 16.2. The normalized spacial score (nSPS) is 12.1. The van der Waals surface area contributed by atoms with E-state index in [1.807, 2.05) is 23.9 Å². The van der Waals surface area contributed by atoms with Crippen LogP contribution in [-0.2, 0) is 16.6 Å². The molecule has 0 radical (unpaired) electrons. The number of nitrogens with zero attached hydrogens (tertiary/aromatic N) is 5. The molecule has 0 spiro atoms. The third-order valence-corrected chi connectivity index (χ3v) is 5.08. The van der Waals surface area contributed by atoms with Crippen LogP contribution in [0.5, 0.6) is 0 Å². The van der Waals surface area contributed by atoms with Gasteiger partial charge in [-0.15, -0.1) is 10.2 Å². The Morgan fingerprint density at radius 3 is 2.91 bits per heavy atom. The SMILES string of the molecule is COC(=O)C(Sc1nnc(-c2cnccn2)n1C)c1ccsc1. The van der Waals surface area contributed by atoms with Gasteiger partial charge < -0.3 is 9.30 Å². The molecule has 0 aromatic carbocycles. The van der Waals surface area contributed by atoms with E-state index in [-0.39, 0.29) is 5.97 Å². The van der Waals surface area contributed by atoms with Gasteiger partial charge >= 0.3 is 5.97 Å². The highest BCUT2D eigenvalue weighted by molar-refractivity contribution is 8.00. The summed E-state index contributed by atoms with van der Waals surface area (Å²) in [5, 5.41) is 12.3. The topological polar surface area (TPSA) is 82.8 Å². The molecule has 7 nitrogen and oxygen atoms in total. The largest absolute Gasteiger partial charge is 0.468 e. The zero-order valence-corrected chi connectivity index (χ0v) is 14.0. The summed E-state index contributed by atoms with van der Waals surface area (Å²) in [5.74, 6) is 0.270. The summed E-state index contributed by atoms with van der Waals surface area (Å²) in [6.07, 6.45) is 4.81. The number of esters is 1. The van der Waals surface area contributed by atoms with Crippen molar-refractivity contribution in [2.75, 3.05) is 7.11 Å². The molecule has 0 amide bonds. The van der Waals surface area contributed by atoms with E-state index in [4.69, 9.17) is 4.74 Å². The molecule has 1 atom stereocenters. The van der Waals surface area contributed by atoms with Crippen LogP contribution in [0, 0.1) is 0 Å². The van der Waals surface area contributed by atoms with Crippen molar-refractivity contribution in [3.05, 3.63) is 41.0 Å². The van der Waals surface area contributed by atoms with Crippen LogP contribution in [0.3, 0.4) is 0 Å². The quantitative estimate of drug-likeness (QED) is 0.517. The Hall–Kier alpha value is -2.26. The average Bonchev–Trinajstić information content (AvgIpc) is 3.23. The number of rotatable bonds is 5. The van der Waals surface area contributed by atoms with Gasteiger partial charge in [-0.2, -0.15) is 11.3 Å². The van der Waals surface area contributed by atoms with Gasteiger partial charge in [-0.1, -0.05) is 11.8 Å². The Morgan fingerprint density at radius 1 is 1.39 bits per heavy atom. The predicted octanol–water partition coefficient (Wildman–Crippen LogP) is 2.34. The minimum atomic E-state index is -0.483. The molecule has 0 saturated heterocycles. The van der Waals surface area contributed by atoms with Crippen LogP contribution < -0.4 is 0 Å². The van der Waals surface area contributed by atoms with Crippen molar-refractivity contribution in [2.45, 2.75) is 10.4 Å². The van der Waals surface area contributed by atoms with Gasteiger partial charge in [0.05, 0.1) is 13.3 Å². The third-order valence-electron chi connectivity index (χ3n) is 3.11. The molecule has 3 aromatic heterocycles. The molecule has 0 N–H and O–H groups in total. The first-order chi connectivity index (χ1) is 11.2. The average molecular weight is 347 g/mol. The highest BCUT2D eigenvalue weighted by Gasteiger charge is 2.26. The molecule has 9 heteroatoms. The lowest BCUT2D eigenvalue weighted by atomic mass is 10.2. The van der Waals surface area contributed by atoms with Gasteiger partial charge in [0.15, 0.2) is 11.0 Å². The smallest absolute Gasteiger partial charge is 0.323 e. The maximum Gasteiger partial charge on any atom is 0.323 e. The fraction of sp³-hybridized carbons (Fsp3) is 0.214. The number of hydrogen-bond acceptors (Lipinski definition) is 8. The van der Waals surface area contributed by atoms with Crippen LogP contribution in [0.1, 0.15) is 10.8 Å². The Labute approximate surface area is 140 Å². The first kappa shape index (κ1) is 15.6. The molecule has 0 aliphatic carbocycles. The van der Waals surface area contributed by atoms with Crippen molar-refractivity contribution in [2.24, 2.45) is 7.05 Å². The van der Waals surface area contributed by atoms with E-state index in [0.717, 1.165) is 5.56 Å². The lowest BCUT2D eigenvalue weighted by Gasteiger charge is -2.12. The number of thiophene rings is 1. The lowest BCUT2D eigenvalue weighted by molar-refractivity contribution is -0.140. The number of carbonyl (C=O) groups excluding carboxylic acids is 1. The Kier molecular flexibility index (Phi) is 4.68. The van der Waals surface area contributed by atoms with E-state index in [2.05, 4.69) is 20.2 Å². The summed E-state index contributed by atoms with van der Waals surface area (Å²) in [7, 11) is 3.21. The van der Waals surface area contributed by atoms with Crippen LogP contribution in [0.2, 0.25) is 0 Å². The fourth-order valence-corrected chi connectivity index (χ4v) is 3.73. The van der Waals surface area contributed by atoms with Crippen molar-refractivity contribution in [3.8, 4) is 11.5 Å². The first-order valence-electron chi connectivity index (χ1n) is 6.63. The van der Waals surface area contributed by atoms with Gasteiger partial charge in [0.25, 0.3) is 0 Å². The molecule has 3 aromatic rings. The van der Waals surface area contributed by atoms with E-state index < -0.39 is 5.25 Å². The van der Waals surface area contributed by atoms with Crippen LogP contribution in [-0.4, -0.2) is 37.8 Å². The first-order valence-corrected chi connectivity index (χ1v) is 8.45. The van der Waals surface area contributed by atoms with Gasteiger partial charge in [0.2, 0.25) is 0 Å². The molecule has 0 bridgehead atoms. The second kappa shape index (κ2) is 6.88. The summed E-state index contributed by atoms with van der Waals surface area (Å²) in [5.41, 5.74) is 1.51. The second-order valence-electron chi connectivity index (χ2n) is 4.53. The monoisotopic (exact) mass is 347 g/mol. The summed E-state index contributed by atoms with van der Waals surface area (Å²) in [4.78, 5) is 20.3. The number of hydrogen-bond donors (Lipinski definition) is 0. The second-order valence-corrected chi connectivity index (χ2v) is 6.39. The van der Waals surface area contributed by atoms with Gasteiger partial charge in [-0.05, 0) is 22.4 Å². The molecule has 0 aliphatic heterocycles. The highest BCUT2D eigenvalue weighted by atomic mass is 32.2. The Balaban J connectivity index is 1.90. The molecule has 1 unspecified atom stereocenters. The molecule has 3 rings (SSSR count). The third kappa shape index (κ3) is 3.25. The minimum Gasteiger partial charge on any atom is -0.468 e. The van der Waals surface area contributed by atoms with Gasteiger partial charge in [0, 0.05) is 19.4 Å². The van der Waals surface area contributed by atoms with Gasteiger partial charge in [-0.25, -0.2) is 4.98 Å². The van der Waals surface area contributed by atoms with Gasteiger partial charge in [0.1, 0.15) is 10.9 Å². The van der Waals surface area contributed by atoms with E-state index >= 15 is 0 Å². The van der Waals surface area contributed by atoms with Crippen LogP contribution in [0.15, 0.2) is 40.6 Å². The molecule has 23 heavy (non-hydrogen) atoms. The van der Waals surface area contributed by atoms with E-state index in [1.54, 1.807) is 23.2 Å². The molecule has 0 saturated carbocycles. The van der Waals surface area contributed by atoms with Crippen molar-refractivity contribution in [1.29, 1.82) is 0 Å². The lowest BCUT2D eigenvalue weighted by Crippen LogP contribution is -2.11. The van der Waals surface area contributed by atoms with E-state index in [9.17, 15) is 4.79 Å². The number of aromatic nitrogens is 5. The van der Waals surface area contributed by atoms with Crippen LogP contribution in [0.4, 0.5) is 0 Å². The highest BCUT2D eigenvalue weighted by Crippen LogP contribution is 2.36. The maximum atomic E-state index is 12.1. The molecular weight excluding hydrogens is 334 g/mol. The molecule has 118 valence electrons. The summed E-state index contributed by atoms with van der Waals surface area (Å²) >= 11 is 2.82. The zero-order valence-electron chi connectivity index (χ0n) is 12.4. The predicted molar refractivity (Wildman–Crippen MR) is 87.0 cm³/mol. The van der Waals surface area contributed by atoms with Crippen LogP contribution in [0.25, 0.3) is 11.5 Å². The standard InChI is InChI=1S/C14H13N5O2S2/c1-19-12(10-7-15-4-5-16-10)17-18-14(19)23-11(13(20)21-2)9-3-6-22-8-9/h3-8,11H,1-2H3. The fourth-order valence-electron chi connectivity index (χ4n) is 1.94. The summed E-state index contributed by atoms with van der Waals surface area (Å²) < 4.78 is 6.69. The molecule has 3 heterocycles. The van der Waals surface area contributed by atoms with E-state index in [1.165, 1.54) is 30.2 Å². The summed E-state index contributed by atoms with van der Waals surface area (Å²) in [6, 6.07) is 1.90. The Morgan fingerprint density at radius 2 is 2.26 bits per heavy atom. The number of methoxy groups -OCH3 is 1. The summed E-state index contributed by atoms with van der Waals surface area (Å²) in [6.45, 7) is 0.